The molecule has 27 heavy (non-hydrogen) atoms. The van der Waals surface area contributed by atoms with Crippen LogP contribution in [0.15, 0.2) is 36.0 Å². The Morgan fingerprint density at radius 3 is 2.67 bits per heavy atom. The van der Waals surface area contributed by atoms with Gasteiger partial charge in [-0.1, -0.05) is 19.9 Å². The van der Waals surface area contributed by atoms with Gasteiger partial charge in [0.15, 0.2) is 0 Å². The number of halogens is 3. The number of anilines is 1. The summed E-state index contributed by atoms with van der Waals surface area (Å²) >= 11 is 1.57. The number of benzene rings is 1. The van der Waals surface area contributed by atoms with Gasteiger partial charge in [-0.15, -0.1) is 11.3 Å². The quantitative estimate of drug-likeness (QED) is 0.670. The van der Waals surface area contributed by atoms with Crippen molar-refractivity contribution >= 4 is 22.6 Å². The van der Waals surface area contributed by atoms with Crippen LogP contribution in [0.3, 0.4) is 0 Å². The van der Waals surface area contributed by atoms with Crippen LogP contribution in [0.5, 0.6) is 0 Å². The van der Waals surface area contributed by atoms with Gasteiger partial charge in [-0.25, -0.2) is 0 Å². The summed E-state index contributed by atoms with van der Waals surface area (Å²) in [5, 5.41) is 9.01. The van der Waals surface area contributed by atoms with Crippen molar-refractivity contribution in [2.75, 3.05) is 11.9 Å². The number of allylic oxidation sites excluding steroid dienone is 1. The number of rotatable bonds is 3. The summed E-state index contributed by atoms with van der Waals surface area (Å²) in [7, 11) is 1.81. The second kappa shape index (κ2) is 7.01. The predicted octanol–water partition coefficient (Wildman–Crippen LogP) is 5.74. The Morgan fingerprint density at radius 2 is 2.07 bits per heavy atom. The summed E-state index contributed by atoms with van der Waals surface area (Å²) < 4.78 is 40.0. The minimum atomic E-state index is -4.56. The van der Waals surface area contributed by atoms with Gasteiger partial charge >= 0.3 is 6.18 Å². The molecule has 3 rings (SSSR count). The van der Waals surface area contributed by atoms with Gasteiger partial charge < -0.3 is 4.90 Å². The number of likely N-dealkylation sites (N-methyl/N-ethyl adjacent to an activating group) is 1. The molecule has 0 aliphatic heterocycles. The maximum atomic E-state index is 13.3. The maximum Gasteiger partial charge on any atom is 0.417 e. The molecule has 1 unspecified atom stereocenters. The first kappa shape index (κ1) is 19.4. The van der Waals surface area contributed by atoms with E-state index < -0.39 is 11.7 Å². The molecule has 0 amide bonds. The van der Waals surface area contributed by atoms with Gasteiger partial charge in [0.05, 0.1) is 28.7 Å². The van der Waals surface area contributed by atoms with Gasteiger partial charge in [0.25, 0.3) is 0 Å². The van der Waals surface area contributed by atoms with Crippen molar-refractivity contribution in [2.24, 2.45) is 5.41 Å². The van der Waals surface area contributed by atoms with E-state index in [1.165, 1.54) is 11.6 Å². The number of nitrogens with zero attached hydrogens (tertiary/aromatic N) is 3. The molecule has 0 radical (unpaired) electrons. The third-order valence-corrected chi connectivity index (χ3v) is 6.05. The summed E-state index contributed by atoms with van der Waals surface area (Å²) in [6.07, 6.45) is 1.25. The van der Waals surface area contributed by atoms with Crippen molar-refractivity contribution in [1.29, 1.82) is 5.26 Å². The Bertz CT molecular complexity index is 892. The minimum Gasteiger partial charge on any atom is -0.368 e. The normalized spacial score (nSPS) is 19.3. The van der Waals surface area contributed by atoms with E-state index in [9.17, 15) is 13.2 Å². The number of hydrogen-bond donors (Lipinski definition) is 0. The van der Waals surface area contributed by atoms with Gasteiger partial charge in [-0.3, -0.25) is 4.98 Å². The second-order valence-electron chi connectivity index (χ2n) is 7.44. The Hall–Kier alpha value is -2.33. The van der Waals surface area contributed by atoms with E-state index in [4.69, 9.17) is 5.26 Å². The standard InChI is InChI=1S/C20H20F3N3S/c1-19(2)7-6-13(17-11-25-12-27-17)8-18(19)26(3)15-5-4-14(10-24)16(9-15)20(21,22)23/h4-5,8-9,11-12,18H,6-7H2,1-3H3. The van der Waals surface area contributed by atoms with E-state index >= 15 is 0 Å². The van der Waals surface area contributed by atoms with Gasteiger partial charge in [0.1, 0.15) is 0 Å². The van der Waals surface area contributed by atoms with Crippen LogP contribution in [0.25, 0.3) is 5.57 Å². The molecular weight excluding hydrogens is 371 g/mol. The fourth-order valence-corrected chi connectivity index (χ4v) is 4.24. The molecule has 0 saturated heterocycles. The summed E-state index contributed by atoms with van der Waals surface area (Å²) in [6.45, 7) is 4.25. The molecule has 1 aromatic carbocycles. The summed E-state index contributed by atoms with van der Waals surface area (Å²) in [5.41, 5.74) is 2.05. The molecule has 0 bridgehead atoms. The molecule has 0 spiro atoms. The predicted molar refractivity (Wildman–Crippen MR) is 101 cm³/mol. The Balaban J connectivity index is 2.02. The van der Waals surface area contributed by atoms with Crippen LogP contribution in [0.4, 0.5) is 18.9 Å². The van der Waals surface area contributed by atoms with Crippen molar-refractivity contribution in [3.63, 3.8) is 0 Å². The van der Waals surface area contributed by atoms with Crippen LogP contribution < -0.4 is 4.90 Å². The third kappa shape index (κ3) is 3.86. The summed E-state index contributed by atoms with van der Waals surface area (Å²) in [4.78, 5) is 7.10. The highest BCUT2D eigenvalue weighted by atomic mass is 32.1. The van der Waals surface area contributed by atoms with Gasteiger partial charge in [0.2, 0.25) is 0 Å². The van der Waals surface area contributed by atoms with Crippen molar-refractivity contribution in [2.45, 2.75) is 38.9 Å². The zero-order chi connectivity index (χ0) is 19.8. The number of thiazole rings is 1. The van der Waals surface area contributed by atoms with Crippen LogP contribution in [0.2, 0.25) is 0 Å². The number of hydrogen-bond acceptors (Lipinski definition) is 4. The van der Waals surface area contributed by atoms with Crippen LogP contribution in [-0.4, -0.2) is 18.1 Å². The summed E-state index contributed by atoms with van der Waals surface area (Å²) in [5.74, 6) is 0. The fourth-order valence-electron chi connectivity index (χ4n) is 3.56. The molecule has 0 fully saturated rings. The molecular formula is C20H20F3N3S. The number of alkyl halides is 3. The zero-order valence-corrected chi connectivity index (χ0v) is 16.2. The molecule has 1 heterocycles. The van der Waals surface area contributed by atoms with Crippen LogP contribution in [0.1, 0.15) is 42.7 Å². The lowest BCUT2D eigenvalue weighted by molar-refractivity contribution is -0.137. The molecule has 1 aliphatic rings. The smallest absolute Gasteiger partial charge is 0.368 e. The van der Waals surface area contributed by atoms with Crippen molar-refractivity contribution in [3.8, 4) is 6.07 Å². The molecule has 0 N–H and O–H groups in total. The molecule has 0 saturated carbocycles. The lowest BCUT2D eigenvalue weighted by atomic mass is 9.73. The van der Waals surface area contributed by atoms with Gasteiger partial charge in [-0.2, -0.15) is 18.4 Å². The highest BCUT2D eigenvalue weighted by Gasteiger charge is 2.37. The van der Waals surface area contributed by atoms with Crippen LogP contribution in [0, 0.1) is 16.7 Å². The second-order valence-corrected chi connectivity index (χ2v) is 8.33. The molecule has 3 nitrogen and oxygen atoms in total. The summed E-state index contributed by atoms with van der Waals surface area (Å²) in [6, 6.07) is 5.46. The van der Waals surface area contributed by atoms with E-state index in [1.54, 1.807) is 36.0 Å². The van der Waals surface area contributed by atoms with Crippen molar-refractivity contribution in [3.05, 3.63) is 52.0 Å². The lowest BCUT2D eigenvalue weighted by Crippen LogP contribution is -2.44. The SMILES string of the molecule is CN(c1ccc(C#N)c(C(F)(F)F)c1)C1C=C(c2cncs2)CCC1(C)C. The van der Waals surface area contributed by atoms with Crippen molar-refractivity contribution < 1.29 is 13.2 Å². The highest BCUT2D eigenvalue weighted by Crippen LogP contribution is 2.43. The first-order valence-corrected chi connectivity index (χ1v) is 9.45. The molecule has 1 atom stereocenters. The molecule has 7 heteroatoms. The van der Waals surface area contributed by atoms with Crippen LogP contribution >= 0.6 is 11.3 Å². The Labute approximate surface area is 160 Å². The minimum absolute atomic E-state index is 0.0719. The Morgan fingerprint density at radius 1 is 1.33 bits per heavy atom. The van der Waals surface area contributed by atoms with E-state index in [2.05, 4.69) is 24.9 Å². The fraction of sp³-hybridized carbons (Fsp3) is 0.400. The highest BCUT2D eigenvalue weighted by molar-refractivity contribution is 7.10. The van der Waals surface area contributed by atoms with Crippen LogP contribution in [-0.2, 0) is 6.18 Å². The first-order valence-electron chi connectivity index (χ1n) is 8.57. The van der Waals surface area contributed by atoms with E-state index in [-0.39, 0.29) is 17.0 Å². The van der Waals surface area contributed by atoms with E-state index in [0.29, 0.717) is 5.69 Å². The molecule has 2 aromatic rings. The topological polar surface area (TPSA) is 39.9 Å². The maximum absolute atomic E-state index is 13.3. The average Bonchev–Trinajstić information content (AvgIpc) is 3.14. The first-order chi connectivity index (χ1) is 12.6. The van der Waals surface area contributed by atoms with E-state index in [0.717, 1.165) is 23.8 Å². The van der Waals surface area contributed by atoms with Crippen molar-refractivity contribution in [1.82, 2.24) is 4.98 Å². The monoisotopic (exact) mass is 391 g/mol. The average molecular weight is 391 g/mol. The van der Waals surface area contributed by atoms with Gasteiger partial charge in [0, 0.05) is 23.8 Å². The number of aromatic nitrogens is 1. The molecule has 142 valence electrons. The number of nitriles is 1. The zero-order valence-electron chi connectivity index (χ0n) is 15.3. The largest absolute Gasteiger partial charge is 0.417 e. The van der Waals surface area contributed by atoms with Gasteiger partial charge in [-0.05, 0) is 42.0 Å². The lowest BCUT2D eigenvalue weighted by Gasteiger charge is -2.43. The molecule has 1 aliphatic carbocycles. The Kier molecular flexibility index (Phi) is 5.04. The van der Waals surface area contributed by atoms with E-state index in [1.807, 2.05) is 11.1 Å². The molecule has 1 aromatic heterocycles. The third-order valence-electron chi connectivity index (χ3n) is 5.20.